The maximum Gasteiger partial charge on any atom is 0.0640 e. The van der Waals surface area contributed by atoms with E-state index in [0.29, 0.717) is 16.0 Å². The summed E-state index contributed by atoms with van der Waals surface area (Å²) in [6.07, 6.45) is 2.22. The van der Waals surface area contributed by atoms with Gasteiger partial charge in [-0.05, 0) is 24.0 Å². The molecule has 0 saturated heterocycles. The number of halogens is 2. The molecular weight excluding hydrogens is 243 g/mol. The fourth-order valence-corrected chi connectivity index (χ4v) is 2.37. The van der Waals surface area contributed by atoms with Gasteiger partial charge in [-0.25, -0.2) is 0 Å². The highest BCUT2D eigenvalue weighted by Crippen LogP contribution is 2.34. The van der Waals surface area contributed by atoms with Crippen LogP contribution in [0.2, 0.25) is 10.0 Å². The molecule has 0 aliphatic rings. The minimum Gasteiger partial charge on any atom is -0.271 e. The van der Waals surface area contributed by atoms with Crippen molar-refractivity contribution in [3.05, 3.63) is 33.8 Å². The molecule has 3 N–H and O–H groups in total. The van der Waals surface area contributed by atoms with E-state index in [1.165, 1.54) is 0 Å². The molecule has 0 radical (unpaired) electrons. The summed E-state index contributed by atoms with van der Waals surface area (Å²) >= 11 is 12.2. The minimum absolute atomic E-state index is 0.0474. The van der Waals surface area contributed by atoms with Gasteiger partial charge < -0.3 is 0 Å². The van der Waals surface area contributed by atoms with Gasteiger partial charge in [-0.3, -0.25) is 11.3 Å². The van der Waals surface area contributed by atoms with E-state index in [0.717, 1.165) is 18.4 Å². The molecule has 1 rings (SSSR count). The van der Waals surface area contributed by atoms with Crippen LogP contribution in [-0.4, -0.2) is 0 Å². The minimum atomic E-state index is 0.0474. The summed E-state index contributed by atoms with van der Waals surface area (Å²) in [4.78, 5) is 0. The maximum atomic E-state index is 6.18. The quantitative estimate of drug-likeness (QED) is 0.622. The zero-order chi connectivity index (χ0) is 12.1. The molecule has 2 atom stereocenters. The Morgan fingerprint density at radius 1 is 1.38 bits per heavy atom. The van der Waals surface area contributed by atoms with Crippen LogP contribution in [-0.2, 0) is 0 Å². The van der Waals surface area contributed by atoms with E-state index in [-0.39, 0.29) is 6.04 Å². The van der Waals surface area contributed by atoms with Crippen LogP contribution in [0.4, 0.5) is 0 Å². The van der Waals surface area contributed by atoms with Gasteiger partial charge in [0.05, 0.1) is 16.1 Å². The molecule has 4 heteroatoms. The van der Waals surface area contributed by atoms with E-state index in [9.17, 15) is 0 Å². The monoisotopic (exact) mass is 260 g/mol. The van der Waals surface area contributed by atoms with E-state index in [4.69, 9.17) is 29.0 Å². The topological polar surface area (TPSA) is 38.0 Å². The Morgan fingerprint density at radius 2 is 2.06 bits per heavy atom. The Balaban J connectivity index is 2.99. The molecule has 0 heterocycles. The largest absolute Gasteiger partial charge is 0.271 e. The molecular formula is C12H18Cl2N2. The lowest BCUT2D eigenvalue weighted by Crippen LogP contribution is -2.32. The highest BCUT2D eigenvalue weighted by Gasteiger charge is 2.20. The van der Waals surface area contributed by atoms with Crippen LogP contribution in [0.15, 0.2) is 18.2 Å². The molecule has 0 fully saturated rings. The van der Waals surface area contributed by atoms with Crippen LogP contribution in [0.1, 0.15) is 38.3 Å². The highest BCUT2D eigenvalue weighted by atomic mass is 35.5. The van der Waals surface area contributed by atoms with Gasteiger partial charge in [0.15, 0.2) is 0 Å². The Hall–Kier alpha value is -0.280. The van der Waals surface area contributed by atoms with E-state index in [1.807, 2.05) is 12.1 Å². The average Bonchev–Trinajstić information content (AvgIpc) is 2.25. The Kier molecular flexibility index (Phi) is 5.56. The smallest absolute Gasteiger partial charge is 0.0640 e. The van der Waals surface area contributed by atoms with E-state index in [1.54, 1.807) is 6.07 Å². The van der Waals surface area contributed by atoms with E-state index in [2.05, 4.69) is 19.3 Å². The standard InChI is InChI=1S/C12H18Cl2N2/c1-3-5-8(2)12(16-15)9-6-4-7-10(13)11(9)14/h4,6-8,12,16H,3,5,15H2,1-2H3. The second kappa shape index (κ2) is 6.45. The first-order chi connectivity index (χ1) is 7.61. The van der Waals surface area contributed by atoms with Crippen molar-refractivity contribution in [1.29, 1.82) is 0 Å². The summed E-state index contributed by atoms with van der Waals surface area (Å²) in [6.45, 7) is 4.31. The number of hydrazine groups is 1. The maximum absolute atomic E-state index is 6.18. The van der Waals surface area contributed by atoms with Crippen LogP contribution in [0.5, 0.6) is 0 Å². The van der Waals surface area contributed by atoms with Gasteiger partial charge in [-0.15, -0.1) is 0 Å². The lowest BCUT2D eigenvalue weighted by molar-refractivity contribution is 0.368. The van der Waals surface area contributed by atoms with Crippen molar-refractivity contribution in [2.45, 2.75) is 32.7 Å². The fraction of sp³-hybridized carbons (Fsp3) is 0.500. The van der Waals surface area contributed by atoms with Crippen molar-refractivity contribution < 1.29 is 0 Å². The zero-order valence-corrected chi connectivity index (χ0v) is 11.1. The van der Waals surface area contributed by atoms with Crippen LogP contribution in [0.25, 0.3) is 0 Å². The molecule has 0 aliphatic heterocycles. The molecule has 2 unspecified atom stereocenters. The van der Waals surface area contributed by atoms with Crippen molar-refractivity contribution in [2.24, 2.45) is 11.8 Å². The van der Waals surface area contributed by atoms with Gasteiger partial charge in [0.2, 0.25) is 0 Å². The van der Waals surface area contributed by atoms with Crippen molar-refractivity contribution in [1.82, 2.24) is 5.43 Å². The Morgan fingerprint density at radius 3 is 2.62 bits per heavy atom. The van der Waals surface area contributed by atoms with Gasteiger partial charge in [0.25, 0.3) is 0 Å². The second-order valence-corrected chi connectivity index (χ2v) is 4.84. The summed E-state index contributed by atoms with van der Waals surface area (Å²) in [5.41, 5.74) is 3.80. The predicted octanol–water partition coefficient (Wildman–Crippen LogP) is 3.93. The molecule has 1 aromatic carbocycles. The normalized spacial score (nSPS) is 14.8. The van der Waals surface area contributed by atoms with Gasteiger partial charge in [-0.2, -0.15) is 0 Å². The average molecular weight is 261 g/mol. The van der Waals surface area contributed by atoms with Crippen molar-refractivity contribution in [3.63, 3.8) is 0 Å². The van der Waals surface area contributed by atoms with Gasteiger partial charge >= 0.3 is 0 Å². The van der Waals surface area contributed by atoms with Crippen LogP contribution >= 0.6 is 23.2 Å². The SMILES string of the molecule is CCCC(C)C(NN)c1cccc(Cl)c1Cl. The summed E-state index contributed by atoms with van der Waals surface area (Å²) < 4.78 is 0. The zero-order valence-electron chi connectivity index (χ0n) is 9.63. The number of nitrogens with one attached hydrogen (secondary N) is 1. The molecule has 0 saturated carbocycles. The molecule has 0 spiro atoms. The molecule has 90 valence electrons. The first-order valence-corrected chi connectivity index (χ1v) is 6.27. The van der Waals surface area contributed by atoms with E-state index >= 15 is 0 Å². The molecule has 0 amide bonds. The summed E-state index contributed by atoms with van der Waals surface area (Å²) in [7, 11) is 0. The molecule has 1 aromatic rings. The molecule has 16 heavy (non-hydrogen) atoms. The first-order valence-electron chi connectivity index (χ1n) is 5.51. The number of hydrogen-bond donors (Lipinski definition) is 2. The lowest BCUT2D eigenvalue weighted by atomic mass is 9.91. The summed E-state index contributed by atoms with van der Waals surface area (Å²) in [6, 6.07) is 5.69. The third kappa shape index (κ3) is 3.11. The lowest BCUT2D eigenvalue weighted by Gasteiger charge is -2.24. The number of hydrogen-bond acceptors (Lipinski definition) is 2. The molecule has 0 aliphatic carbocycles. The van der Waals surface area contributed by atoms with Crippen LogP contribution < -0.4 is 11.3 Å². The fourth-order valence-electron chi connectivity index (χ4n) is 1.94. The van der Waals surface area contributed by atoms with Crippen LogP contribution in [0, 0.1) is 5.92 Å². The van der Waals surface area contributed by atoms with Crippen molar-refractivity contribution >= 4 is 23.2 Å². The summed E-state index contributed by atoms with van der Waals surface area (Å²) in [5, 5.41) is 1.16. The van der Waals surface area contributed by atoms with Crippen molar-refractivity contribution in [2.75, 3.05) is 0 Å². The Bertz CT molecular complexity index is 342. The molecule has 0 aromatic heterocycles. The van der Waals surface area contributed by atoms with Gasteiger partial charge in [-0.1, -0.05) is 55.6 Å². The first kappa shape index (κ1) is 13.8. The Labute approximate surface area is 107 Å². The number of rotatable bonds is 5. The van der Waals surface area contributed by atoms with Crippen LogP contribution in [0.3, 0.4) is 0 Å². The van der Waals surface area contributed by atoms with Crippen molar-refractivity contribution in [3.8, 4) is 0 Å². The third-order valence-corrected chi connectivity index (χ3v) is 3.64. The second-order valence-electron chi connectivity index (χ2n) is 4.05. The summed E-state index contributed by atoms with van der Waals surface area (Å²) in [5.74, 6) is 6.03. The molecule has 2 nitrogen and oxygen atoms in total. The van der Waals surface area contributed by atoms with E-state index < -0.39 is 0 Å². The number of nitrogens with two attached hydrogens (primary N) is 1. The predicted molar refractivity (Wildman–Crippen MR) is 70.6 cm³/mol. The highest BCUT2D eigenvalue weighted by molar-refractivity contribution is 6.42. The number of benzene rings is 1. The van der Waals surface area contributed by atoms with Gasteiger partial charge in [0.1, 0.15) is 0 Å². The molecule has 0 bridgehead atoms. The third-order valence-electron chi connectivity index (χ3n) is 2.81. The van der Waals surface area contributed by atoms with Gasteiger partial charge in [0, 0.05) is 0 Å².